The molecule has 0 saturated carbocycles. The zero-order valence-corrected chi connectivity index (χ0v) is 16.0. The molecular formula is C20H21ClN2O4. The molecule has 6 nitrogen and oxygen atoms in total. The lowest BCUT2D eigenvalue weighted by atomic mass is 10.1. The average Bonchev–Trinajstić information content (AvgIpc) is 2.66. The van der Waals surface area contributed by atoms with E-state index >= 15 is 0 Å². The summed E-state index contributed by atoms with van der Waals surface area (Å²) >= 11 is 6.02. The van der Waals surface area contributed by atoms with Crippen LogP contribution in [0.2, 0.25) is 5.02 Å². The third-order valence-electron chi connectivity index (χ3n) is 4.29. The molecule has 3 rings (SSSR count). The summed E-state index contributed by atoms with van der Waals surface area (Å²) in [6.45, 7) is 0.890. The van der Waals surface area contributed by atoms with Gasteiger partial charge in [-0.15, -0.1) is 0 Å². The fourth-order valence-electron chi connectivity index (χ4n) is 3.04. The lowest BCUT2D eigenvalue weighted by Crippen LogP contribution is -2.49. The number of fused-ring (bicyclic) bond motifs is 1. The Labute approximate surface area is 163 Å². The summed E-state index contributed by atoms with van der Waals surface area (Å²) in [5, 5.41) is 0.662. The molecule has 1 amide bonds. The number of para-hydroxylation sites is 2. The van der Waals surface area contributed by atoms with Gasteiger partial charge >= 0.3 is 5.97 Å². The highest BCUT2D eigenvalue weighted by atomic mass is 35.5. The van der Waals surface area contributed by atoms with Crippen LogP contribution in [0.1, 0.15) is 5.56 Å². The Morgan fingerprint density at radius 2 is 2.04 bits per heavy atom. The Balaban J connectivity index is 1.73. The van der Waals surface area contributed by atoms with Crippen molar-refractivity contribution in [2.24, 2.45) is 0 Å². The lowest BCUT2D eigenvalue weighted by molar-refractivity contribution is -0.148. The first-order chi connectivity index (χ1) is 13.0. The van der Waals surface area contributed by atoms with Crippen LogP contribution in [0.3, 0.4) is 0 Å². The minimum absolute atomic E-state index is 0.119. The SMILES string of the molecule is COC(=O)C1CN(C(=O)CN(C)Cc2cccc(Cl)c2)c2ccccc2O1. The summed E-state index contributed by atoms with van der Waals surface area (Å²) in [6, 6.07) is 14.7. The lowest BCUT2D eigenvalue weighted by Gasteiger charge is -2.34. The second-order valence-electron chi connectivity index (χ2n) is 6.40. The van der Waals surface area contributed by atoms with Crippen molar-refractivity contribution < 1.29 is 19.1 Å². The second-order valence-corrected chi connectivity index (χ2v) is 6.84. The van der Waals surface area contributed by atoms with Crippen molar-refractivity contribution in [3.05, 3.63) is 59.1 Å². The molecule has 0 bridgehead atoms. The predicted octanol–water partition coefficient (Wildman–Crippen LogP) is 2.74. The monoisotopic (exact) mass is 388 g/mol. The van der Waals surface area contributed by atoms with Crippen LogP contribution < -0.4 is 9.64 Å². The summed E-state index contributed by atoms with van der Waals surface area (Å²) < 4.78 is 10.5. The molecule has 0 spiro atoms. The molecule has 2 aromatic carbocycles. The number of methoxy groups -OCH3 is 1. The number of nitrogens with zero attached hydrogens (tertiary/aromatic N) is 2. The minimum Gasteiger partial charge on any atom is -0.475 e. The normalized spacial score (nSPS) is 15.9. The molecule has 7 heteroatoms. The first kappa shape index (κ1) is 19.2. The van der Waals surface area contributed by atoms with Gasteiger partial charge in [-0.1, -0.05) is 35.9 Å². The van der Waals surface area contributed by atoms with Crippen LogP contribution in [0.5, 0.6) is 5.75 Å². The Bertz CT molecular complexity index is 842. The number of esters is 1. The number of halogens is 1. The van der Waals surface area contributed by atoms with Crippen LogP contribution in [-0.4, -0.2) is 50.1 Å². The number of carbonyl (C=O) groups excluding carboxylic acids is 2. The highest BCUT2D eigenvalue weighted by Gasteiger charge is 2.34. The van der Waals surface area contributed by atoms with Crippen molar-refractivity contribution in [1.82, 2.24) is 4.90 Å². The molecular weight excluding hydrogens is 368 g/mol. The molecule has 142 valence electrons. The van der Waals surface area contributed by atoms with Crippen molar-refractivity contribution in [2.75, 3.05) is 32.1 Å². The Morgan fingerprint density at radius 1 is 1.26 bits per heavy atom. The van der Waals surface area contributed by atoms with E-state index in [-0.39, 0.29) is 19.0 Å². The highest BCUT2D eigenvalue weighted by Crippen LogP contribution is 2.33. The molecule has 0 N–H and O–H groups in total. The molecule has 1 heterocycles. The van der Waals surface area contributed by atoms with E-state index in [9.17, 15) is 9.59 Å². The molecule has 0 aromatic heterocycles. The number of hydrogen-bond acceptors (Lipinski definition) is 5. The van der Waals surface area contributed by atoms with E-state index in [2.05, 4.69) is 0 Å². The number of amides is 1. The number of likely N-dealkylation sites (N-methyl/N-ethyl adjacent to an activating group) is 1. The number of ether oxygens (including phenoxy) is 2. The van der Waals surface area contributed by atoms with Crippen molar-refractivity contribution >= 4 is 29.2 Å². The number of hydrogen-bond donors (Lipinski definition) is 0. The van der Waals surface area contributed by atoms with E-state index < -0.39 is 12.1 Å². The van der Waals surface area contributed by atoms with E-state index in [1.807, 2.05) is 42.3 Å². The number of anilines is 1. The molecule has 1 aliphatic heterocycles. The van der Waals surface area contributed by atoms with Gasteiger partial charge in [0.25, 0.3) is 0 Å². The topological polar surface area (TPSA) is 59.1 Å². The van der Waals surface area contributed by atoms with Crippen molar-refractivity contribution in [2.45, 2.75) is 12.6 Å². The first-order valence-corrected chi connectivity index (χ1v) is 8.92. The van der Waals surface area contributed by atoms with Crippen LogP contribution in [0.25, 0.3) is 0 Å². The summed E-state index contributed by atoms with van der Waals surface area (Å²) in [5.74, 6) is -0.135. The van der Waals surface area contributed by atoms with Gasteiger partial charge in [-0.05, 0) is 36.9 Å². The predicted molar refractivity (Wildman–Crippen MR) is 103 cm³/mol. The minimum atomic E-state index is -0.841. The average molecular weight is 389 g/mol. The summed E-state index contributed by atoms with van der Waals surface area (Å²) in [4.78, 5) is 28.3. The van der Waals surface area contributed by atoms with Gasteiger partial charge in [0.15, 0.2) is 0 Å². The summed E-state index contributed by atoms with van der Waals surface area (Å²) in [5.41, 5.74) is 1.67. The van der Waals surface area contributed by atoms with Gasteiger partial charge in [0.2, 0.25) is 12.0 Å². The van der Waals surface area contributed by atoms with Gasteiger partial charge in [0.05, 0.1) is 25.9 Å². The van der Waals surface area contributed by atoms with Crippen molar-refractivity contribution in [3.63, 3.8) is 0 Å². The Hall–Kier alpha value is -2.57. The van der Waals surface area contributed by atoms with E-state index in [4.69, 9.17) is 21.1 Å². The maximum Gasteiger partial charge on any atom is 0.348 e. The maximum absolute atomic E-state index is 12.9. The molecule has 0 radical (unpaired) electrons. The molecule has 1 aliphatic rings. The molecule has 1 unspecified atom stereocenters. The van der Waals surface area contributed by atoms with Gasteiger partial charge < -0.3 is 14.4 Å². The first-order valence-electron chi connectivity index (χ1n) is 8.55. The van der Waals surface area contributed by atoms with Crippen LogP contribution in [0, 0.1) is 0 Å². The van der Waals surface area contributed by atoms with Gasteiger partial charge in [-0.3, -0.25) is 9.69 Å². The molecule has 27 heavy (non-hydrogen) atoms. The van der Waals surface area contributed by atoms with E-state index in [0.29, 0.717) is 23.0 Å². The zero-order chi connectivity index (χ0) is 19.4. The third-order valence-corrected chi connectivity index (χ3v) is 4.52. The standard InChI is InChI=1S/C20H21ClN2O4/c1-22(11-14-6-5-7-15(21)10-14)13-19(24)23-12-18(20(25)26-2)27-17-9-4-3-8-16(17)23/h3-10,18H,11-13H2,1-2H3. The smallest absolute Gasteiger partial charge is 0.348 e. The van der Waals surface area contributed by atoms with Gasteiger partial charge in [0, 0.05) is 11.6 Å². The van der Waals surface area contributed by atoms with E-state index in [1.54, 1.807) is 23.1 Å². The van der Waals surface area contributed by atoms with Gasteiger partial charge in [-0.2, -0.15) is 0 Å². The molecule has 0 saturated heterocycles. The van der Waals surface area contributed by atoms with Crippen molar-refractivity contribution in [1.29, 1.82) is 0 Å². The summed E-state index contributed by atoms with van der Waals surface area (Å²) in [7, 11) is 3.17. The van der Waals surface area contributed by atoms with Gasteiger partial charge in [-0.25, -0.2) is 4.79 Å². The van der Waals surface area contributed by atoms with Crippen LogP contribution in [-0.2, 0) is 20.9 Å². The van der Waals surface area contributed by atoms with Crippen LogP contribution >= 0.6 is 11.6 Å². The molecule has 1 atom stereocenters. The summed E-state index contributed by atoms with van der Waals surface area (Å²) in [6.07, 6.45) is -0.841. The number of benzene rings is 2. The Morgan fingerprint density at radius 3 is 2.78 bits per heavy atom. The second kappa shape index (κ2) is 8.41. The number of carbonyl (C=O) groups is 2. The molecule has 0 fully saturated rings. The third kappa shape index (κ3) is 4.59. The van der Waals surface area contributed by atoms with Crippen molar-refractivity contribution in [3.8, 4) is 5.75 Å². The molecule has 0 aliphatic carbocycles. The van der Waals surface area contributed by atoms with Crippen LogP contribution in [0.4, 0.5) is 5.69 Å². The molecule has 2 aromatic rings. The number of rotatable bonds is 5. The van der Waals surface area contributed by atoms with E-state index in [0.717, 1.165) is 5.56 Å². The van der Waals surface area contributed by atoms with E-state index in [1.165, 1.54) is 7.11 Å². The Kier molecular flexibility index (Phi) is 5.98. The fourth-order valence-corrected chi connectivity index (χ4v) is 3.26. The van der Waals surface area contributed by atoms with Gasteiger partial charge in [0.1, 0.15) is 5.75 Å². The largest absolute Gasteiger partial charge is 0.475 e. The fraction of sp³-hybridized carbons (Fsp3) is 0.300. The maximum atomic E-state index is 12.9. The zero-order valence-electron chi connectivity index (χ0n) is 15.2. The quantitative estimate of drug-likeness (QED) is 0.737. The highest BCUT2D eigenvalue weighted by molar-refractivity contribution is 6.30. The van der Waals surface area contributed by atoms with Crippen LogP contribution in [0.15, 0.2) is 48.5 Å².